The molecule has 18 heavy (non-hydrogen) atoms. The molecule has 4 N–H and O–H groups in total. The van der Waals surface area contributed by atoms with E-state index < -0.39 is 5.41 Å². The van der Waals surface area contributed by atoms with Crippen molar-refractivity contribution in [2.75, 3.05) is 0 Å². The number of hydrogen-bond donors (Lipinski definition) is 3. The first-order chi connectivity index (χ1) is 8.39. The second kappa shape index (κ2) is 6.07. The van der Waals surface area contributed by atoms with E-state index in [9.17, 15) is 4.79 Å². The van der Waals surface area contributed by atoms with Crippen LogP contribution in [0.15, 0.2) is 5.16 Å². The van der Waals surface area contributed by atoms with Crippen molar-refractivity contribution in [3.63, 3.8) is 0 Å². The van der Waals surface area contributed by atoms with E-state index in [1.165, 1.54) is 12.8 Å². The Hall–Kier alpha value is -1.26. The molecule has 0 spiro atoms. The van der Waals surface area contributed by atoms with E-state index in [0.717, 1.165) is 19.3 Å². The average molecular weight is 255 g/mol. The van der Waals surface area contributed by atoms with Crippen molar-refractivity contribution in [2.45, 2.75) is 58.9 Å². The first kappa shape index (κ1) is 14.8. The van der Waals surface area contributed by atoms with Gasteiger partial charge >= 0.3 is 0 Å². The van der Waals surface area contributed by atoms with Gasteiger partial charge in [-0.05, 0) is 32.6 Å². The zero-order valence-corrected chi connectivity index (χ0v) is 11.6. The van der Waals surface area contributed by atoms with Crippen molar-refractivity contribution >= 4 is 11.7 Å². The molecule has 104 valence electrons. The number of nitrogens with two attached hydrogens (primary N) is 1. The zero-order valence-electron chi connectivity index (χ0n) is 11.6. The quantitative estimate of drug-likeness (QED) is 0.236. The molecule has 1 fully saturated rings. The molecule has 0 saturated heterocycles. The first-order valence-corrected chi connectivity index (χ1v) is 6.68. The number of rotatable bonds is 3. The van der Waals surface area contributed by atoms with E-state index in [0.29, 0.717) is 5.92 Å². The van der Waals surface area contributed by atoms with Crippen molar-refractivity contribution in [1.29, 1.82) is 0 Å². The Balaban J connectivity index is 2.68. The summed E-state index contributed by atoms with van der Waals surface area (Å²) in [5.41, 5.74) is 4.59. The smallest absolute Gasteiger partial charge is 0.233 e. The fourth-order valence-corrected chi connectivity index (χ4v) is 2.30. The minimum Gasteiger partial charge on any atom is -0.409 e. The van der Waals surface area contributed by atoms with Crippen LogP contribution in [0.25, 0.3) is 0 Å². The standard InChI is InChI=1S/C13H25N3O2/c1-9-7-5-4-6-8-10(9)15-12(17)13(2,3)11(14)16-18/h9-10,18H,4-8H2,1-3H3,(H2,14,16)(H,15,17). The second-order valence-electron chi connectivity index (χ2n) is 5.81. The maximum Gasteiger partial charge on any atom is 0.233 e. The monoisotopic (exact) mass is 255 g/mol. The van der Waals surface area contributed by atoms with E-state index in [4.69, 9.17) is 10.9 Å². The van der Waals surface area contributed by atoms with Gasteiger partial charge in [0.25, 0.3) is 0 Å². The number of amidine groups is 1. The molecule has 0 aromatic heterocycles. The van der Waals surface area contributed by atoms with Gasteiger partial charge in [-0.2, -0.15) is 0 Å². The Morgan fingerprint density at radius 3 is 2.56 bits per heavy atom. The van der Waals surface area contributed by atoms with Crippen LogP contribution in [0.3, 0.4) is 0 Å². The number of carbonyl (C=O) groups is 1. The molecule has 0 heterocycles. The van der Waals surface area contributed by atoms with Crippen molar-refractivity contribution in [3.8, 4) is 0 Å². The molecule has 0 bridgehead atoms. The summed E-state index contributed by atoms with van der Waals surface area (Å²) < 4.78 is 0. The zero-order chi connectivity index (χ0) is 13.8. The van der Waals surface area contributed by atoms with Gasteiger partial charge in [-0.1, -0.05) is 31.3 Å². The molecular formula is C13H25N3O2. The summed E-state index contributed by atoms with van der Waals surface area (Å²) in [6.45, 7) is 5.50. The van der Waals surface area contributed by atoms with Crippen LogP contribution in [-0.2, 0) is 4.79 Å². The van der Waals surface area contributed by atoms with Crippen LogP contribution in [-0.4, -0.2) is 23.0 Å². The minimum atomic E-state index is -0.971. The fourth-order valence-electron chi connectivity index (χ4n) is 2.30. The largest absolute Gasteiger partial charge is 0.409 e. The molecule has 1 rings (SSSR count). The van der Waals surface area contributed by atoms with Gasteiger partial charge in [0.15, 0.2) is 5.84 Å². The van der Waals surface area contributed by atoms with E-state index in [2.05, 4.69) is 17.4 Å². The molecule has 1 saturated carbocycles. The minimum absolute atomic E-state index is 0.0544. The number of amides is 1. The van der Waals surface area contributed by atoms with Crippen LogP contribution < -0.4 is 11.1 Å². The average Bonchev–Trinajstić information content (AvgIpc) is 2.53. The summed E-state index contributed by atoms with van der Waals surface area (Å²) in [5, 5.41) is 14.7. The Kier molecular flexibility index (Phi) is 4.99. The molecule has 1 amide bonds. The first-order valence-electron chi connectivity index (χ1n) is 6.68. The molecule has 0 aliphatic heterocycles. The normalized spacial score (nSPS) is 26.5. The van der Waals surface area contributed by atoms with Crippen molar-refractivity contribution in [3.05, 3.63) is 0 Å². The maximum absolute atomic E-state index is 12.2. The van der Waals surface area contributed by atoms with Gasteiger partial charge in [0.1, 0.15) is 5.41 Å². The highest BCUT2D eigenvalue weighted by Gasteiger charge is 2.35. The SMILES string of the molecule is CC1CCCCCC1NC(=O)C(C)(C)C(N)=NO. The highest BCUT2D eigenvalue weighted by atomic mass is 16.4. The summed E-state index contributed by atoms with van der Waals surface area (Å²) in [6.07, 6.45) is 5.78. The molecule has 2 unspecified atom stereocenters. The Labute approximate surface area is 109 Å². The summed E-state index contributed by atoms with van der Waals surface area (Å²) in [7, 11) is 0. The van der Waals surface area contributed by atoms with E-state index in [-0.39, 0.29) is 17.8 Å². The Morgan fingerprint density at radius 2 is 1.94 bits per heavy atom. The lowest BCUT2D eigenvalue weighted by molar-refractivity contribution is -0.127. The third-order valence-electron chi connectivity index (χ3n) is 3.99. The van der Waals surface area contributed by atoms with Gasteiger partial charge in [-0.3, -0.25) is 4.79 Å². The molecule has 2 atom stereocenters. The fraction of sp³-hybridized carbons (Fsp3) is 0.846. The van der Waals surface area contributed by atoms with E-state index >= 15 is 0 Å². The van der Waals surface area contributed by atoms with Crippen molar-refractivity contribution in [2.24, 2.45) is 22.2 Å². The topological polar surface area (TPSA) is 87.7 Å². The van der Waals surface area contributed by atoms with Crippen molar-refractivity contribution in [1.82, 2.24) is 5.32 Å². The van der Waals surface area contributed by atoms with Crippen LogP contribution in [0.1, 0.15) is 52.9 Å². The number of nitrogens with one attached hydrogen (secondary N) is 1. The molecule has 1 aliphatic rings. The van der Waals surface area contributed by atoms with Gasteiger partial charge in [-0.15, -0.1) is 0 Å². The molecule has 0 radical (unpaired) electrons. The molecule has 0 aromatic rings. The lowest BCUT2D eigenvalue weighted by Crippen LogP contribution is -2.50. The van der Waals surface area contributed by atoms with Crippen molar-refractivity contribution < 1.29 is 10.0 Å². The number of carbonyl (C=O) groups excluding carboxylic acids is 1. The van der Waals surface area contributed by atoms with E-state index in [1.807, 2.05) is 0 Å². The van der Waals surface area contributed by atoms with Crippen LogP contribution in [0.4, 0.5) is 0 Å². The van der Waals surface area contributed by atoms with Gasteiger partial charge in [0, 0.05) is 6.04 Å². The molecule has 1 aliphatic carbocycles. The van der Waals surface area contributed by atoms with Gasteiger partial charge in [0.2, 0.25) is 5.91 Å². The Morgan fingerprint density at radius 1 is 1.33 bits per heavy atom. The number of nitrogens with zero attached hydrogens (tertiary/aromatic N) is 1. The summed E-state index contributed by atoms with van der Waals surface area (Å²) >= 11 is 0. The maximum atomic E-state index is 12.2. The summed E-state index contributed by atoms with van der Waals surface area (Å²) in [5.74, 6) is 0.261. The van der Waals surface area contributed by atoms with Crippen LogP contribution in [0, 0.1) is 11.3 Å². The summed E-state index contributed by atoms with van der Waals surface area (Å²) in [6, 6.07) is 0.200. The highest BCUT2D eigenvalue weighted by Crippen LogP contribution is 2.24. The number of oxime groups is 1. The van der Waals surface area contributed by atoms with Gasteiger partial charge < -0.3 is 16.3 Å². The van der Waals surface area contributed by atoms with Crippen LogP contribution in [0.2, 0.25) is 0 Å². The predicted octanol–water partition coefficient (Wildman–Crippen LogP) is 1.84. The second-order valence-corrected chi connectivity index (χ2v) is 5.81. The molecular weight excluding hydrogens is 230 g/mol. The third kappa shape index (κ3) is 3.37. The summed E-state index contributed by atoms with van der Waals surface area (Å²) in [4.78, 5) is 12.2. The third-order valence-corrected chi connectivity index (χ3v) is 3.99. The lowest BCUT2D eigenvalue weighted by Gasteiger charge is -2.28. The Bertz CT molecular complexity index is 326. The molecule has 0 aromatic carbocycles. The van der Waals surface area contributed by atoms with Crippen LogP contribution >= 0.6 is 0 Å². The highest BCUT2D eigenvalue weighted by molar-refractivity contribution is 6.05. The number of hydrogen-bond acceptors (Lipinski definition) is 3. The van der Waals surface area contributed by atoms with Gasteiger partial charge in [0.05, 0.1) is 0 Å². The van der Waals surface area contributed by atoms with E-state index in [1.54, 1.807) is 13.8 Å². The molecule has 5 heteroatoms. The van der Waals surface area contributed by atoms with Gasteiger partial charge in [-0.25, -0.2) is 0 Å². The lowest BCUT2D eigenvalue weighted by atomic mass is 9.89. The van der Waals surface area contributed by atoms with Crippen LogP contribution in [0.5, 0.6) is 0 Å². The predicted molar refractivity (Wildman–Crippen MR) is 71.4 cm³/mol. The molecule has 5 nitrogen and oxygen atoms in total.